The zero-order valence-electron chi connectivity index (χ0n) is 17.1. The van der Waals surface area contributed by atoms with Crippen molar-refractivity contribution in [3.8, 4) is 0 Å². The second kappa shape index (κ2) is 8.08. The van der Waals surface area contributed by atoms with Crippen LogP contribution in [0.15, 0.2) is 12.1 Å². The first-order valence-corrected chi connectivity index (χ1v) is 11.2. The Labute approximate surface area is 184 Å². The minimum atomic E-state index is -1.11. The zero-order chi connectivity index (χ0) is 21.5. The standard InChI is InChI=1S/C21H26N6O3S/c28-19(24-16-10-27-5-3-12(16)4-6-27)18-14-7-13(23-21(31)22-9-11-1-2-11)8-15(20(29)30)17(14)25-26-18/h7-8,11-12,16H,1-6,9-10H2,(H,24,28)(H,25,26)(H,29,30)(H2,22,23,31)/t16-/m0/s1. The SMILES string of the molecule is O=C(N[C@H]1CN2CCC1CC2)c1[nH]nc2c(C(=O)O)cc(NC(=S)NCC3CC3)cc12. The molecule has 5 N–H and O–H groups in total. The quantitative estimate of drug-likeness (QED) is 0.429. The number of rotatable bonds is 6. The van der Waals surface area contributed by atoms with Gasteiger partial charge in [-0.15, -0.1) is 0 Å². The van der Waals surface area contributed by atoms with Crippen LogP contribution in [0.4, 0.5) is 5.69 Å². The zero-order valence-corrected chi connectivity index (χ0v) is 17.9. The molecule has 3 aliphatic heterocycles. The van der Waals surface area contributed by atoms with Crippen LogP contribution in [0.25, 0.3) is 10.9 Å². The first-order chi connectivity index (χ1) is 15.0. The molecule has 1 aromatic carbocycles. The van der Waals surface area contributed by atoms with Crippen LogP contribution in [0.5, 0.6) is 0 Å². The lowest BCUT2D eigenvalue weighted by atomic mass is 9.84. The molecule has 1 aromatic heterocycles. The van der Waals surface area contributed by atoms with Gasteiger partial charge in [-0.25, -0.2) is 4.79 Å². The Bertz CT molecular complexity index is 1040. The molecular formula is C21H26N6O3S. The normalized spacial score (nSPS) is 24.7. The lowest BCUT2D eigenvalue weighted by molar-refractivity contribution is 0.0618. The molecule has 0 radical (unpaired) electrons. The number of anilines is 1. The number of aromatic nitrogens is 2. The number of benzene rings is 1. The molecule has 2 bridgehead atoms. The van der Waals surface area contributed by atoms with E-state index in [-0.39, 0.29) is 28.7 Å². The van der Waals surface area contributed by atoms with Gasteiger partial charge in [-0.3, -0.25) is 9.89 Å². The Hall–Kier alpha value is -2.72. The van der Waals surface area contributed by atoms with Crippen LogP contribution in [0.1, 0.15) is 46.5 Å². The summed E-state index contributed by atoms with van der Waals surface area (Å²) in [4.78, 5) is 27.3. The molecule has 4 heterocycles. The van der Waals surface area contributed by atoms with Gasteiger partial charge in [0.2, 0.25) is 0 Å². The predicted molar refractivity (Wildman–Crippen MR) is 120 cm³/mol. The van der Waals surface area contributed by atoms with E-state index in [1.54, 1.807) is 6.07 Å². The van der Waals surface area contributed by atoms with E-state index in [0.29, 0.717) is 28.0 Å². The van der Waals surface area contributed by atoms with E-state index in [1.165, 1.54) is 18.9 Å². The van der Waals surface area contributed by atoms with Gasteiger partial charge in [0, 0.05) is 30.2 Å². The number of carboxylic acid groups (broad SMARTS) is 1. The maximum Gasteiger partial charge on any atom is 0.338 e. The number of nitrogens with zero attached hydrogens (tertiary/aromatic N) is 2. The van der Waals surface area contributed by atoms with E-state index in [1.807, 2.05) is 0 Å². The lowest BCUT2D eigenvalue weighted by Gasteiger charge is -2.44. The number of aromatic amines is 1. The summed E-state index contributed by atoms with van der Waals surface area (Å²) in [5.41, 5.74) is 1.06. The highest BCUT2D eigenvalue weighted by Gasteiger charge is 2.35. The van der Waals surface area contributed by atoms with E-state index in [4.69, 9.17) is 12.2 Å². The Morgan fingerprint density at radius 1 is 1.23 bits per heavy atom. The molecule has 4 aliphatic rings. The molecule has 10 heteroatoms. The van der Waals surface area contributed by atoms with Crippen molar-refractivity contribution in [3.63, 3.8) is 0 Å². The molecule has 4 fully saturated rings. The van der Waals surface area contributed by atoms with Crippen LogP contribution in [-0.2, 0) is 0 Å². The van der Waals surface area contributed by atoms with Gasteiger partial charge in [0.15, 0.2) is 5.11 Å². The molecule has 3 saturated heterocycles. The smallest absolute Gasteiger partial charge is 0.338 e. The Balaban J connectivity index is 1.38. The number of carbonyl (C=O) groups excluding carboxylic acids is 1. The Kier molecular flexibility index (Phi) is 5.27. The number of piperidine rings is 3. The number of fused-ring (bicyclic) bond motifs is 4. The first kappa shape index (κ1) is 20.2. The maximum absolute atomic E-state index is 13.1. The number of carboxylic acids is 1. The predicted octanol–water partition coefficient (Wildman–Crippen LogP) is 1.78. The highest BCUT2D eigenvalue weighted by Crippen LogP contribution is 2.30. The van der Waals surface area contributed by atoms with Crippen LogP contribution >= 0.6 is 12.2 Å². The van der Waals surface area contributed by atoms with Crippen molar-refractivity contribution in [1.82, 2.24) is 25.7 Å². The number of carbonyl (C=O) groups is 2. The van der Waals surface area contributed by atoms with Crippen molar-refractivity contribution in [2.24, 2.45) is 11.8 Å². The van der Waals surface area contributed by atoms with Gasteiger partial charge in [0.25, 0.3) is 5.91 Å². The Morgan fingerprint density at radius 2 is 2.00 bits per heavy atom. The molecule has 1 amide bonds. The van der Waals surface area contributed by atoms with Crippen LogP contribution in [-0.4, -0.2) is 69.4 Å². The summed E-state index contributed by atoms with van der Waals surface area (Å²) in [5.74, 6) is -0.220. The van der Waals surface area contributed by atoms with Gasteiger partial charge in [0.05, 0.1) is 5.56 Å². The number of H-pyrrole nitrogens is 1. The summed E-state index contributed by atoms with van der Waals surface area (Å²) in [6.45, 7) is 3.85. The second-order valence-electron chi connectivity index (χ2n) is 8.82. The van der Waals surface area contributed by atoms with Gasteiger partial charge in [-0.1, -0.05) is 0 Å². The van der Waals surface area contributed by atoms with E-state index in [9.17, 15) is 14.7 Å². The third-order valence-corrected chi connectivity index (χ3v) is 6.84. The fourth-order valence-electron chi connectivity index (χ4n) is 4.63. The van der Waals surface area contributed by atoms with Crippen LogP contribution < -0.4 is 16.0 Å². The van der Waals surface area contributed by atoms with Gasteiger partial charge in [-0.2, -0.15) is 5.10 Å². The van der Waals surface area contributed by atoms with Crippen molar-refractivity contribution in [2.75, 3.05) is 31.5 Å². The molecule has 9 nitrogen and oxygen atoms in total. The number of amides is 1. The Morgan fingerprint density at radius 3 is 2.65 bits per heavy atom. The van der Waals surface area contributed by atoms with Crippen molar-refractivity contribution in [3.05, 3.63) is 23.4 Å². The van der Waals surface area contributed by atoms with Gasteiger partial charge < -0.3 is 26.0 Å². The molecule has 31 heavy (non-hydrogen) atoms. The molecule has 164 valence electrons. The van der Waals surface area contributed by atoms with Crippen LogP contribution in [0, 0.1) is 11.8 Å². The van der Waals surface area contributed by atoms with Gasteiger partial charge in [-0.05, 0) is 75.0 Å². The molecular weight excluding hydrogens is 416 g/mol. The average molecular weight is 443 g/mol. The minimum Gasteiger partial charge on any atom is -0.478 e. The van der Waals surface area contributed by atoms with E-state index in [0.717, 1.165) is 39.0 Å². The number of nitrogens with one attached hydrogen (secondary N) is 4. The van der Waals surface area contributed by atoms with Crippen molar-refractivity contribution in [2.45, 2.75) is 31.7 Å². The summed E-state index contributed by atoms with van der Waals surface area (Å²) in [5, 5.41) is 26.8. The first-order valence-electron chi connectivity index (χ1n) is 10.8. The molecule has 2 aromatic rings. The molecule has 0 unspecified atom stereocenters. The summed E-state index contributed by atoms with van der Waals surface area (Å²) < 4.78 is 0. The minimum absolute atomic E-state index is 0.0168. The van der Waals surface area contributed by atoms with Crippen molar-refractivity contribution in [1.29, 1.82) is 0 Å². The topological polar surface area (TPSA) is 122 Å². The fraction of sp³-hybridized carbons (Fsp3) is 0.524. The number of aromatic carboxylic acids is 1. The van der Waals surface area contributed by atoms with Gasteiger partial charge >= 0.3 is 5.97 Å². The second-order valence-corrected chi connectivity index (χ2v) is 9.23. The number of thiocarbonyl (C=S) groups is 1. The van der Waals surface area contributed by atoms with Crippen molar-refractivity contribution >= 4 is 45.8 Å². The summed E-state index contributed by atoms with van der Waals surface area (Å²) in [6, 6.07) is 3.32. The maximum atomic E-state index is 13.1. The highest BCUT2D eigenvalue weighted by molar-refractivity contribution is 7.80. The van der Waals surface area contributed by atoms with Crippen LogP contribution in [0.2, 0.25) is 0 Å². The highest BCUT2D eigenvalue weighted by atomic mass is 32.1. The third-order valence-electron chi connectivity index (χ3n) is 6.59. The summed E-state index contributed by atoms with van der Waals surface area (Å²) in [6.07, 6.45) is 4.60. The molecule has 6 rings (SSSR count). The number of hydrogen-bond donors (Lipinski definition) is 5. The summed E-state index contributed by atoms with van der Waals surface area (Å²) in [7, 11) is 0. The van der Waals surface area contributed by atoms with Gasteiger partial charge in [0.1, 0.15) is 11.2 Å². The molecule has 1 saturated carbocycles. The molecule has 1 aliphatic carbocycles. The van der Waals surface area contributed by atoms with Crippen LogP contribution in [0.3, 0.4) is 0 Å². The fourth-order valence-corrected chi connectivity index (χ4v) is 4.83. The molecule has 0 spiro atoms. The lowest BCUT2D eigenvalue weighted by Crippen LogP contribution is -2.57. The van der Waals surface area contributed by atoms with E-state index >= 15 is 0 Å². The number of hydrogen-bond acceptors (Lipinski definition) is 5. The monoisotopic (exact) mass is 442 g/mol. The van der Waals surface area contributed by atoms with E-state index in [2.05, 4.69) is 31.0 Å². The van der Waals surface area contributed by atoms with E-state index < -0.39 is 5.97 Å². The average Bonchev–Trinajstić information content (AvgIpc) is 3.49. The molecule has 1 atom stereocenters. The third kappa shape index (κ3) is 4.22. The summed E-state index contributed by atoms with van der Waals surface area (Å²) >= 11 is 5.34. The van der Waals surface area contributed by atoms with Crippen molar-refractivity contribution < 1.29 is 14.7 Å². The largest absolute Gasteiger partial charge is 0.478 e.